The molecule has 4 heterocycles. The van der Waals surface area contributed by atoms with Crippen molar-refractivity contribution in [3.05, 3.63) is 40.9 Å². The van der Waals surface area contributed by atoms with Crippen LogP contribution in [0.15, 0.2) is 35.4 Å². The maximum Gasteiger partial charge on any atom is 0.275 e. The molecule has 1 aliphatic rings. The third-order valence-electron chi connectivity index (χ3n) is 4.22. The Labute approximate surface area is 150 Å². The van der Waals surface area contributed by atoms with Crippen LogP contribution in [0.2, 0.25) is 0 Å². The molecule has 0 aliphatic carbocycles. The monoisotopic (exact) mass is 370 g/mol. The third-order valence-corrected chi connectivity index (χ3v) is 6.44. The molecule has 0 spiro atoms. The Kier molecular flexibility index (Phi) is 3.49. The number of hydrogen-bond acceptors (Lipinski definition) is 7. The summed E-state index contributed by atoms with van der Waals surface area (Å²) >= 11 is 3.28. The maximum atomic E-state index is 12.7. The van der Waals surface area contributed by atoms with Crippen LogP contribution in [0, 0.1) is 0 Å². The van der Waals surface area contributed by atoms with E-state index in [9.17, 15) is 4.79 Å². The first-order chi connectivity index (χ1) is 12.3. The van der Waals surface area contributed by atoms with Crippen LogP contribution in [0.4, 0.5) is 5.82 Å². The predicted octanol–water partition coefficient (Wildman–Crippen LogP) is 2.64. The van der Waals surface area contributed by atoms with Crippen molar-refractivity contribution in [3.63, 3.8) is 0 Å². The highest BCUT2D eigenvalue weighted by molar-refractivity contribution is 7.99. The fourth-order valence-electron chi connectivity index (χ4n) is 2.96. The van der Waals surface area contributed by atoms with E-state index in [0.717, 1.165) is 28.1 Å². The van der Waals surface area contributed by atoms with E-state index in [4.69, 9.17) is 0 Å². The van der Waals surface area contributed by atoms with E-state index in [0.29, 0.717) is 28.8 Å². The van der Waals surface area contributed by atoms with Gasteiger partial charge < -0.3 is 10.3 Å². The summed E-state index contributed by atoms with van der Waals surface area (Å²) in [7, 11) is 0. The molecule has 3 aromatic heterocycles. The fraction of sp³-hybridized carbons (Fsp3) is 0.250. The molecule has 1 saturated heterocycles. The number of thioether (sulfide) groups is 1. The van der Waals surface area contributed by atoms with Gasteiger partial charge in [0.25, 0.3) is 11.5 Å². The zero-order chi connectivity index (χ0) is 16.8. The molecule has 1 fully saturated rings. The molecule has 0 saturated carbocycles. The van der Waals surface area contributed by atoms with Crippen LogP contribution >= 0.6 is 23.3 Å². The van der Waals surface area contributed by atoms with E-state index >= 15 is 0 Å². The molecule has 1 aromatic carbocycles. The lowest BCUT2D eigenvalue weighted by Gasteiger charge is -2.13. The number of rotatable bonds is 3. The van der Waals surface area contributed by atoms with Crippen molar-refractivity contribution in [3.8, 4) is 5.95 Å². The number of benzene rings is 1. The topological polar surface area (TPSA) is 88.5 Å². The number of nitrogens with zero attached hydrogens (tertiary/aromatic N) is 4. The lowest BCUT2D eigenvalue weighted by Crippen LogP contribution is -2.21. The molecular formula is C16H14N6OS2. The Morgan fingerprint density at radius 3 is 3.04 bits per heavy atom. The first kappa shape index (κ1) is 14.9. The van der Waals surface area contributed by atoms with Crippen LogP contribution in [0.1, 0.15) is 6.42 Å². The van der Waals surface area contributed by atoms with Crippen LogP contribution in [-0.2, 0) is 0 Å². The smallest absolute Gasteiger partial charge is 0.275 e. The van der Waals surface area contributed by atoms with Gasteiger partial charge in [0.15, 0.2) is 11.5 Å². The van der Waals surface area contributed by atoms with Crippen LogP contribution in [-0.4, -0.2) is 41.4 Å². The quantitative estimate of drug-likeness (QED) is 0.576. The average Bonchev–Trinajstić information content (AvgIpc) is 3.35. The zero-order valence-corrected chi connectivity index (χ0v) is 14.7. The van der Waals surface area contributed by atoms with Gasteiger partial charge in [-0.1, -0.05) is 12.1 Å². The van der Waals surface area contributed by atoms with Crippen LogP contribution < -0.4 is 10.9 Å². The summed E-state index contributed by atoms with van der Waals surface area (Å²) in [4.78, 5) is 29.2. The van der Waals surface area contributed by atoms with E-state index in [1.165, 1.54) is 15.5 Å². The number of hydrogen-bond donors (Lipinski definition) is 2. The molecule has 0 bridgehead atoms. The highest BCUT2D eigenvalue weighted by Gasteiger charge is 2.20. The molecule has 126 valence electrons. The summed E-state index contributed by atoms with van der Waals surface area (Å²) in [6.07, 6.45) is 2.70. The van der Waals surface area contributed by atoms with E-state index in [1.54, 1.807) is 6.33 Å². The van der Waals surface area contributed by atoms with Gasteiger partial charge in [-0.3, -0.25) is 4.79 Å². The van der Waals surface area contributed by atoms with Gasteiger partial charge in [0.1, 0.15) is 5.52 Å². The van der Waals surface area contributed by atoms with Crippen LogP contribution in [0.25, 0.3) is 27.2 Å². The van der Waals surface area contributed by atoms with Gasteiger partial charge in [0.2, 0.25) is 0 Å². The Hall–Kier alpha value is -2.39. The molecule has 0 unspecified atom stereocenters. The van der Waals surface area contributed by atoms with E-state index in [1.807, 2.05) is 36.0 Å². The minimum absolute atomic E-state index is 0.0992. The molecule has 25 heavy (non-hydrogen) atoms. The second-order valence-corrected chi connectivity index (χ2v) is 8.00. The molecule has 2 N–H and O–H groups in total. The highest BCUT2D eigenvalue weighted by Crippen LogP contribution is 2.25. The molecule has 0 radical (unpaired) electrons. The van der Waals surface area contributed by atoms with Gasteiger partial charge in [-0.15, -0.1) is 0 Å². The van der Waals surface area contributed by atoms with Crippen LogP contribution in [0.3, 0.4) is 0 Å². The first-order valence-corrected chi connectivity index (χ1v) is 9.89. The number of aromatic amines is 1. The molecule has 7 nitrogen and oxygen atoms in total. The Bertz CT molecular complexity index is 1120. The van der Waals surface area contributed by atoms with Gasteiger partial charge in [-0.25, -0.2) is 4.98 Å². The lowest BCUT2D eigenvalue weighted by molar-refractivity contribution is 0.805. The molecule has 9 heteroatoms. The van der Waals surface area contributed by atoms with Crippen molar-refractivity contribution in [1.82, 2.24) is 23.9 Å². The average molecular weight is 370 g/mol. The summed E-state index contributed by atoms with van der Waals surface area (Å²) < 4.78 is 2.45. The van der Waals surface area contributed by atoms with Crippen LogP contribution in [0.5, 0.6) is 0 Å². The van der Waals surface area contributed by atoms with E-state index < -0.39 is 0 Å². The molecular weight excluding hydrogens is 356 g/mol. The summed E-state index contributed by atoms with van der Waals surface area (Å²) in [6.45, 7) is 0. The van der Waals surface area contributed by atoms with Gasteiger partial charge in [0.05, 0.1) is 16.4 Å². The lowest BCUT2D eigenvalue weighted by atomic mass is 10.2. The van der Waals surface area contributed by atoms with Crippen molar-refractivity contribution in [1.29, 1.82) is 0 Å². The standard InChI is InChI=1S/C16H14N6OS2/c23-15-10-3-1-2-4-11(10)25-22(15)16-20-13-12(17-8-18-13)14(21-16)19-9-5-6-24-7-9/h1-4,8-9H,5-7H2,(H2,17,18,19,20,21)/t9-/m0/s1. The number of imidazole rings is 1. The van der Waals surface area contributed by atoms with Crippen molar-refractivity contribution < 1.29 is 0 Å². The summed E-state index contributed by atoms with van der Waals surface area (Å²) in [5, 5.41) is 4.16. The molecule has 4 aromatic rings. The summed E-state index contributed by atoms with van der Waals surface area (Å²) in [5.41, 5.74) is 1.23. The highest BCUT2D eigenvalue weighted by atomic mass is 32.2. The second-order valence-electron chi connectivity index (χ2n) is 5.87. The molecule has 0 amide bonds. The Morgan fingerprint density at radius 2 is 2.20 bits per heavy atom. The number of anilines is 1. The zero-order valence-electron chi connectivity index (χ0n) is 13.1. The first-order valence-electron chi connectivity index (χ1n) is 7.96. The van der Waals surface area contributed by atoms with Crippen molar-refractivity contribution >= 4 is 50.4 Å². The number of aromatic nitrogens is 5. The maximum absolute atomic E-state index is 12.7. The van der Waals surface area contributed by atoms with Gasteiger partial charge in [-0.05, 0) is 35.8 Å². The fourth-order valence-corrected chi connectivity index (χ4v) is 5.05. The van der Waals surface area contributed by atoms with Crippen molar-refractivity contribution in [2.75, 3.05) is 16.8 Å². The van der Waals surface area contributed by atoms with Gasteiger partial charge >= 0.3 is 0 Å². The molecule has 1 atom stereocenters. The van der Waals surface area contributed by atoms with Crippen molar-refractivity contribution in [2.45, 2.75) is 12.5 Å². The Balaban J connectivity index is 1.67. The molecule has 1 aliphatic heterocycles. The minimum atomic E-state index is -0.0992. The molecule has 5 rings (SSSR count). The van der Waals surface area contributed by atoms with Gasteiger partial charge in [0, 0.05) is 11.8 Å². The predicted molar refractivity (Wildman–Crippen MR) is 102 cm³/mol. The number of H-pyrrole nitrogens is 1. The SMILES string of the molecule is O=c1c2ccccc2sn1-c1nc(N[C@H]2CCSC2)c2[nH]cnc2n1. The van der Waals surface area contributed by atoms with E-state index in [2.05, 4.69) is 25.3 Å². The number of fused-ring (bicyclic) bond motifs is 2. The third kappa shape index (κ3) is 2.50. The largest absolute Gasteiger partial charge is 0.365 e. The van der Waals surface area contributed by atoms with Crippen molar-refractivity contribution in [2.24, 2.45) is 0 Å². The Morgan fingerprint density at radius 1 is 1.28 bits per heavy atom. The second kappa shape index (κ2) is 5.85. The normalized spacial score (nSPS) is 17.5. The van der Waals surface area contributed by atoms with Gasteiger partial charge in [-0.2, -0.15) is 25.7 Å². The summed E-state index contributed by atoms with van der Waals surface area (Å²) in [5.74, 6) is 3.27. The minimum Gasteiger partial charge on any atom is -0.365 e. The summed E-state index contributed by atoms with van der Waals surface area (Å²) in [6, 6.07) is 7.92. The number of nitrogens with one attached hydrogen (secondary N) is 2. The van der Waals surface area contributed by atoms with E-state index in [-0.39, 0.29) is 5.56 Å².